The topological polar surface area (TPSA) is 9.23 Å². The van der Waals surface area contributed by atoms with Gasteiger partial charge < -0.3 is 4.74 Å². The van der Waals surface area contributed by atoms with Crippen molar-refractivity contribution < 1.29 is 13.5 Å². The minimum Gasteiger partial charge on any atom is -0.381 e. The highest BCUT2D eigenvalue weighted by Gasteiger charge is 2.37. The van der Waals surface area contributed by atoms with E-state index in [0.717, 1.165) is 50.5 Å². The molecule has 0 N–H and O–H groups in total. The van der Waals surface area contributed by atoms with E-state index in [-0.39, 0.29) is 5.92 Å². The Morgan fingerprint density at radius 3 is 2.52 bits per heavy atom. The maximum atomic E-state index is 14.8. The maximum Gasteiger partial charge on any atom is 0.162 e. The zero-order chi connectivity index (χ0) is 17.6. The number of methoxy groups -OCH3 is 1. The third-order valence-electron chi connectivity index (χ3n) is 7.23. The monoisotopic (exact) mass is 348 g/mol. The highest BCUT2D eigenvalue weighted by molar-refractivity contribution is 5.38. The van der Waals surface area contributed by atoms with Crippen molar-refractivity contribution in [1.82, 2.24) is 0 Å². The summed E-state index contributed by atoms with van der Waals surface area (Å²) in [7, 11) is 1.81. The molecule has 3 aliphatic carbocycles. The largest absolute Gasteiger partial charge is 0.381 e. The average molecular weight is 348 g/mol. The van der Waals surface area contributed by atoms with E-state index in [1.165, 1.54) is 6.42 Å². The normalized spacial score (nSPS) is 35.1. The molecule has 2 fully saturated rings. The first-order valence-electron chi connectivity index (χ1n) is 10.1. The molecular weight excluding hydrogens is 318 g/mol. The van der Waals surface area contributed by atoms with Crippen LogP contribution in [0.5, 0.6) is 0 Å². The van der Waals surface area contributed by atoms with Crippen molar-refractivity contribution in [3.8, 4) is 0 Å². The summed E-state index contributed by atoms with van der Waals surface area (Å²) in [6, 6.07) is 2.02. The van der Waals surface area contributed by atoms with E-state index in [0.29, 0.717) is 41.4 Å². The average Bonchev–Trinajstić information content (AvgIpc) is 2.64. The van der Waals surface area contributed by atoms with E-state index >= 15 is 0 Å². The quantitative estimate of drug-likeness (QED) is 0.657. The summed E-state index contributed by atoms with van der Waals surface area (Å²) in [6.07, 6.45) is 9.65. The van der Waals surface area contributed by atoms with E-state index in [9.17, 15) is 8.78 Å². The Bertz CT molecular complexity index is 641. The summed E-state index contributed by atoms with van der Waals surface area (Å²) in [5.74, 6) is 0.911. The van der Waals surface area contributed by atoms with E-state index in [1.807, 2.05) is 13.2 Å². The Balaban J connectivity index is 1.56. The first-order chi connectivity index (χ1) is 12.1. The number of halogens is 2. The van der Waals surface area contributed by atoms with Crippen LogP contribution in [0.25, 0.3) is 0 Å². The summed E-state index contributed by atoms with van der Waals surface area (Å²) < 4.78 is 35.1. The van der Waals surface area contributed by atoms with Crippen LogP contribution in [0, 0.1) is 29.4 Å². The van der Waals surface area contributed by atoms with E-state index in [1.54, 1.807) is 0 Å². The highest BCUT2D eigenvalue weighted by Crippen LogP contribution is 2.47. The molecule has 0 aliphatic heterocycles. The summed E-state index contributed by atoms with van der Waals surface area (Å²) in [6.45, 7) is 2.13. The molecule has 4 rings (SSSR count). The van der Waals surface area contributed by atoms with Gasteiger partial charge >= 0.3 is 0 Å². The molecule has 1 aromatic carbocycles. The fourth-order valence-corrected chi connectivity index (χ4v) is 5.67. The number of ether oxygens (including phenoxy) is 1. The fraction of sp³-hybridized carbons (Fsp3) is 0.727. The molecule has 25 heavy (non-hydrogen) atoms. The molecule has 0 spiro atoms. The number of fused-ring (bicyclic) bond motifs is 2. The van der Waals surface area contributed by atoms with Crippen LogP contribution in [0.3, 0.4) is 0 Å². The van der Waals surface area contributed by atoms with Crippen LogP contribution in [0.1, 0.15) is 74.5 Å². The van der Waals surface area contributed by atoms with Crippen molar-refractivity contribution in [3.63, 3.8) is 0 Å². The van der Waals surface area contributed by atoms with Gasteiger partial charge in [-0.1, -0.05) is 13.0 Å². The van der Waals surface area contributed by atoms with Crippen LogP contribution in [0.2, 0.25) is 0 Å². The van der Waals surface area contributed by atoms with Crippen LogP contribution in [0.4, 0.5) is 8.78 Å². The summed E-state index contributed by atoms with van der Waals surface area (Å²) in [4.78, 5) is 0. The molecule has 138 valence electrons. The lowest BCUT2D eigenvalue weighted by molar-refractivity contribution is 0.0121. The lowest BCUT2D eigenvalue weighted by Crippen LogP contribution is -2.33. The standard InChI is InChI=1S/C22H30F2O/c1-13-3-4-17-12-20(22(24)21(23)19(17)9-13)16-6-5-15-11-18(25-2)8-7-14(15)10-16/h12-16,18H,3-11H2,1-2H3. The van der Waals surface area contributed by atoms with Gasteiger partial charge in [0.05, 0.1) is 6.10 Å². The molecule has 5 atom stereocenters. The van der Waals surface area contributed by atoms with E-state index in [2.05, 4.69) is 6.92 Å². The van der Waals surface area contributed by atoms with Crippen molar-refractivity contribution in [2.24, 2.45) is 17.8 Å². The number of benzene rings is 1. The molecule has 1 aromatic rings. The van der Waals surface area contributed by atoms with Gasteiger partial charge in [-0.2, -0.15) is 0 Å². The zero-order valence-electron chi connectivity index (χ0n) is 15.5. The Morgan fingerprint density at radius 1 is 0.960 bits per heavy atom. The minimum absolute atomic E-state index is 0.194. The molecular formula is C22H30F2O. The molecule has 0 heterocycles. The third-order valence-corrected chi connectivity index (χ3v) is 7.23. The third kappa shape index (κ3) is 3.25. The van der Waals surface area contributed by atoms with Crippen molar-refractivity contribution in [3.05, 3.63) is 34.4 Å². The van der Waals surface area contributed by atoms with E-state index < -0.39 is 11.6 Å². The van der Waals surface area contributed by atoms with Gasteiger partial charge in [-0.15, -0.1) is 0 Å². The minimum atomic E-state index is -0.554. The van der Waals surface area contributed by atoms with Gasteiger partial charge in [0.2, 0.25) is 0 Å². The SMILES string of the molecule is COC1CCC2CC(c3cc4c(c(F)c3F)CC(C)CC4)CCC2C1. The predicted molar refractivity (Wildman–Crippen MR) is 95.8 cm³/mol. The van der Waals surface area contributed by atoms with Crippen molar-refractivity contribution in [2.75, 3.05) is 7.11 Å². The van der Waals surface area contributed by atoms with Crippen LogP contribution < -0.4 is 0 Å². The second kappa shape index (κ2) is 6.98. The number of aryl methyl sites for hydroxylation is 1. The van der Waals surface area contributed by atoms with Crippen molar-refractivity contribution in [1.29, 1.82) is 0 Å². The maximum absolute atomic E-state index is 14.8. The number of rotatable bonds is 2. The molecule has 1 nitrogen and oxygen atoms in total. The zero-order valence-corrected chi connectivity index (χ0v) is 15.5. The van der Waals surface area contributed by atoms with Crippen LogP contribution >= 0.6 is 0 Å². The molecule has 3 heteroatoms. The Hall–Kier alpha value is -0.960. The molecule has 5 unspecified atom stereocenters. The number of hydrogen-bond donors (Lipinski definition) is 0. The van der Waals surface area contributed by atoms with Gasteiger partial charge in [-0.25, -0.2) is 8.78 Å². The molecule has 0 aromatic heterocycles. The van der Waals surface area contributed by atoms with Gasteiger partial charge in [0, 0.05) is 7.11 Å². The molecule has 0 amide bonds. The Kier molecular flexibility index (Phi) is 4.87. The Morgan fingerprint density at radius 2 is 1.72 bits per heavy atom. The highest BCUT2D eigenvalue weighted by atomic mass is 19.2. The van der Waals surface area contributed by atoms with Gasteiger partial charge in [0.25, 0.3) is 0 Å². The lowest BCUT2D eigenvalue weighted by Gasteiger charge is -2.42. The predicted octanol–water partition coefficient (Wildman–Crippen LogP) is 5.79. The van der Waals surface area contributed by atoms with Crippen molar-refractivity contribution in [2.45, 2.75) is 76.7 Å². The second-order valence-electron chi connectivity index (χ2n) is 8.78. The molecule has 0 radical (unpaired) electrons. The number of hydrogen-bond acceptors (Lipinski definition) is 1. The first kappa shape index (κ1) is 17.5. The first-order valence-corrected chi connectivity index (χ1v) is 10.1. The smallest absolute Gasteiger partial charge is 0.162 e. The van der Waals surface area contributed by atoms with Gasteiger partial charge in [0.1, 0.15) is 0 Å². The second-order valence-corrected chi connectivity index (χ2v) is 8.78. The van der Waals surface area contributed by atoms with E-state index in [4.69, 9.17) is 4.74 Å². The van der Waals surface area contributed by atoms with Crippen LogP contribution in [-0.4, -0.2) is 13.2 Å². The van der Waals surface area contributed by atoms with Crippen LogP contribution in [-0.2, 0) is 17.6 Å². The summed E-state index contributed by atoms with van der Waals surface area (Å²) in [5.41, 5.74) is 2.38. The molecule has 3 aliphatic rings. The molecule has 0 saturated heterocycles. The van der Waals surface area contributed by atoms with Crippen molar-refractivity contribution >= 4 is 0 Å². The lowest BCUT2D eigenvalue weighted by atomic mass is 9.65. The Labute approximate surface area is 150 Å². The van der Waals surface area contributed by atoms with Gasteiger partial charge in [-0.05, 0) is 98.1 Å². The molecule has 2 saturated carbocycles. The summed E-state index contributed by atoms with van der Waals surface area (Å²) in [5, 5.41) is 0. The summed E-state index contributed by atoms with van der Waals surface area (Å²) >= 11 is 0. The molecule has 0 bridgehead atoms. The van der Waals surface area contributed by atoms with Gasteiger partial charge in [0.15, 0.2) is 11.6 Å². The van der Waals surface area contributed by atoms with Gasteiger partial charge in [-0.3, -0.25) is 0 Å². The fourth-order valence-electron chi connectivity index (χ4n) is 5.67. The van der Waals surface area contributed by atoms with Crippen LogP contribution in [0.15, 0.2) is 6.07 Å².